The topological polar surface area (TPSA) is 90.6 Å². The number of pyridine rings is 2. The van der Waals surface area contributed by atoms with Crippen molar-refractivity contribution in [3.63, 3.8) is 0 Å². The monoisotopic (exact) mass is 418 g/mol. The van der Waals surface area contributed by atoms with Crippen LogP contribution in [-0.2, 0) is 13.1 Å². The summed E-state index contributed by atoms with van der Waals surface area (Å²) in [6.07, 6.45) is 6.48. The van der Waals surface area contributed by atoms with Gasteiger partial charge in [-0.05, 0) is 42.9 Å². The summed E-state index contributed by atoms with van der Waals surface area (Å²) >= 11 is 1.51. The first-order chi connectivity index (χ1) is 14.7. The molecule has 0 spiro atoms. The second kappa shape index (κ2) is 7.74. The fourth-order valence-electron chi connectivity index (χ4n) is 4.80. The van der Waals surface area contributed by atoms with E-state index in [0.717, 1.165) is 49.0 Å². The van der Waals surface area contributed by atoms with Gasteiger partial charge in [-0.15, -0.1) is 11.8 Å². The zero-order valence-electron chi connectivity index (χ0n) is 16.7. The molecule has 2 bridgehead atoms. The molecule has 2 atom stereocenters. The molecule has 0 amide bonds. The summed E-state index contributed by atoms with van der Waals surface area (Å²) in [6.45, 7) is 3.36. The molecule has 7 nitrogen and oxygen atoms in total. The number of fused-ring (bicyclic) bond motifs is 4. The third-order valence-electron chi connectivity index (χ3n) is 6.05. The van der Waals surface area contributed by atoms with Gasteiger partial charge in [0, 0.05) is 50.2 Å². The zero-order chi connectivity index (χ0) is 20.7. The van der Waals surface area contributed by atoms with Gasteiger partial charge in [0.25, 0.3) is 5.56 Å². The van der Waals surface area contributed by atoms with Crippen LogP contribution in [0.3, 0.4) is 0 Å². The van der Waals surface area contributed by atoms with Crippen LogP contribution in [0.2, 0.25) is 0 Å². The fraction of sp³-hybridized carbons (Fsp3) is 0.364. The Kier molecular flexibility index (Phi) is 4.93. The predicted octanol–water partition coefficient (Wildman–Crippen LogP) is 2.85. The van der Waals surface area contributed by atoms with Crippen molar-refractivity contribution in [1.82, 2.24) is 24.4 Å². The number of aromatic amines is 1. The molecule has 2 aliphatic rings. The summed E-state index contributed by atoms with van der Waals surface area (Å²) in [5.74, 6) is 1.41. The maximum absolute atomic E-state index is 13.1. The van der Waals surface area contributed by atoms with Gasteiger partial charge in [-0.3, -0.25) is 9.69 Å². The average Bonchev–Trinajstić information content (AvgIpc) is 3.29. The largest absolute Gasteiger partial charge is 0.344 e. The number of imidazole rings is 1. The van der Waals surface area contributed by atoms with Crippen molar-refractivity contribution in [2.75, 3.05) is 19.3 Å². The van der Waals surface area contributed by atoms with Crippen molar-refractivity contribution in [3.05, 3.63) is 64.0 Å². The van der Waals surface area contributed by atoms with Crippen molar-refractivity contribution in [1.29, 1.82) is 5.26 Å². The second-order valence-corrected chi connectivity index (χ2v) is 8.78. The van der Waals surface area contributed by atoms with Gasteiger partial charge in [-0.1, -0.05) is 0 Å². The molecule has 1 N–H and O–H groups in total. The van der Waals surface area contributed by atoms with Crippen LogP contribution in [0.25, 0.3) is 11.4 Å². The molecule has 5 rings (SSSR count). The lowest BCUT2D eigenvalue weighted by Crippen LogP contribution is -2.47. The third kappa shape index (κ3) is 3.34. The summed E-state index contributed by atoms with van der Waals surface area (Å²) in [6, 6.07) is 10.0. The van der Waals surface area contributed by atoms with E-state index in [2.05, 4.69) is 32.0 Å². The van der Waals surface area contributed by atoms with Gasteiger partial charge in [-0.2, -0.15) is 5.26 Å². The molecular weight excluding hydrogens is 396 g/mol. The Bertz CT molecular complexity index is 1180. The first kappa shape index (κ1) is 19.1. The number of hydrogen-bond acceptors (Lipinski definition) is 6. The van der Waals surface area contributed by atoms with Gasteiger partial charge < -0.3 is 9.55 Å². The minimum absolute atomic E-state index is 0.0453. The van der Waals surface area contributed by atoms with E-state index >= 15 is 0 Å². The molecule has 152 valence electrons. The summed E-state index contributed by atoms with van der Waals surface area (Å²) in [5, 5.41) is 10.0. The van der Waals surface area contributed by atoms with Gasteiger partial charge in [-0.25, -0.2) is 9.97 Å². The third-order valence-corrected chi connectivity index (χ3v) is 6.75. The number of piperidine rings is 1. The molecule has 0 aromatic carbocycles. The summed E-state index contributed by atoms with van der Waals surface area (Å²) in [7, 11) is 0. The van der Waals surface area contributed by atoms with E-state index in [1.807, 2.05) is 29.0 Å². The van der Waals surface area contributed by atoms with Crippen LogP contribution in [-0.4, -0.2) is 43.8 Å². The molecule has 0 aliphatic carbocycles. The molecule has 0 radical (unpaired) electrons. The second-order valence-electron chi connectivity index (χ2n) is 7.99. The van der Waals surface area contributed by atoms with Crippen LogP contribution in [0.5, 0.6) is 0 Å². The molecular formula is C22H22N6OS. The van der Waals surface area contributed by atoms with Gasteiger partial charge in [0.2, 0.25) is 0 Å². The standard InChI is InChI=1S/C22H22N6OS/c1-30-21-15(9-23)2-3-17(26-21)13-27-10-14-8-16(12-27)19-5-4-18(20-24-6-7-25-20)22(29)28(19)11-14/h2-7,14,16H,8,10-13H2,1H3,(H,24,25)/t14-,16+/m0/s1. The van der Waals surface area contributed by atoms with Gasteiger partial charge in [0.1, 0.15) is 16.9 Å². The lowest BCUT2D eigenvalue weighted by molar-refractivity contribution is 0.113. The van der Waals surface area contributed by atoms with Crippen LogP contribution < -0.4 is 5.56 Å². The van der Waals surface area contributed by atoms with E-state index < -0.39 is 0 Å². The van der Waals surface area contributed by atoms with Crippen LogP contribution in [0.4, 0.5) is 0 Å². The number of nitrogens with one attached hydrogen (secondary N) is 1. The van der Waals surface area contributed by atoms with Crippen LogP contribution in [0.15, 0.2) is 46.5 Å². The molecule has 3 aromatic heterocycles. The SMILES string of the molecule is CSc1nc(CN2C[C@@H]3C[C@H](C2)c2ccc(-c4ncc[nH]4)c(=O)n2C3)ccc1C#N. The highest BCUT2D eigenvalue weighted by atomic mass is 32.2. The Morgan fingerprint density at radius 1 is 1.27 bits per heavy atom. The molecule has 3 aromatic rings. The first-order valence-corrected chi connectivity index (χ1v) is 11.3. The van der Waals surface area contributed by atoms with E-state index in [1.165, 1.54) is 11.8 Å². The number of H-pyrrole nitrogens is 1. The summed E-state index contributed by atoms with van der Waals surface area (Å²) < 4.78 is 1.96. The number of likely N-dealkylation sites (tertiary alicyclic amines) is 1. The summed E-state index contributed by atoms with van der Waals surface area (Å²) in [4.78, 5) is 27.5. The van der Waals surface area contributed by atoms with Crippen molar-refractivity contribution < 1.29 is 0 Å². The van der Waals surface area contributed by atoms with Crippen molar-refractivity contribution in [3.8, 4) is 17.5 Å². The predicted molar refractivity (Wildman–Crippen MR) is 115 cm³/mol. The van der Waals surface area contributed by atoms with Crippen LogP contribution >= 0.6 is 11.8 Å². The Morgan fingerprint density at radius 3 is 2.93 bits per heavy atom. The van der Waals surface area contributed by atoms with E-state index in [1.54, 1.807) is 12.4 Å². The Morgan fingerprint density at radius 2 is 2.17 bits per heavy atom. The van der Waals surface area contributed by atoms with Crippen LogP contribution in [0.1, 0.15) is 29.3 Å². The highest BCUT2D eigenvalue weighted by molar-refractivity contribution is 7.98. The van der Waals surface area contributed by atoms with E-state index in [9.17, 15) is 10.1 Å². The fourth-order valence-corrected chi connectivity index (χ4v) is 5.35. The van der Waals surface area contributed by atoms with Gasteiger partial charge in [0.05, 0.1) is 16.8 Å². The smallest absolute Gasteiger partial charge is 0.261 e. The van der Waals surface area contributed by atoms with E-state index in [4.69, 9.17) is 0 Å². The molecule has 1 fully saturated rings. The Balaban J connectivity index is 1.39. The number of nitriles is 1. The van der Waals surface area contributed by atoms with Crippen molar-refractivity contribution in [2.45, 2.75) is 30.5 Å². The first-order valence-electron chi connectivity index (χ1n) is 10.1. The highest BCUT2D eigenvalue weighted by Crippen LogP contribution is 2.36. The molecule has 0 unspecified atom stereocenters. The molecule has 0 saturated carbocycles. The maximum atomic E-state index is 13.1. The molecule has 8 heteroatoms. The lowest BCUT2D eigenvalue weighted by Gasteiger charge is -2.42. The number of aromatic nitrogens is 4. The Hall–Kier alpha value is -2.89. The molecule has 30 heavy (non-hydrogen) atoms. The lowest BCUT2D eigenvalue weighted by atomic mass is 9.83. The molecule has 1 saturated heterocycles. The Labute approximate surface area is 178 Å². The molecule has 5 heterocycles. The summed E-state index contributed by atoms with van der Waals surface area (Å²) in [5.41, 5.74) is 3.41. The maximum Gasteiger partial charge on any atom is 0.261 e. The van der Waals surface area contributed by atoms with Gasteiger partial charge in [0.15, 0.2) is 0 Å². The number of nitrogens with zero attached hydrogens (tertiary/aromatic N) is 5. The number of thioether (sulfide) groups is 1. The van der Waals surface area contributed by atoms with Gasteiger partial charge >= 0.3 is 0 Å². The van der Waals surface area contributed by atoms with Crippen LogP contribution in [0, 0.1) is 17.2 Å². The normalized spacial score (nSPS) is 20.5. The molecule has 2 aliphatic heterocycles. The quantitative estimate of drug-likeness (QED) is 0.655. The van der Waals surface area contributed by atoms with Crippen molar-refractivity contribution >= 4 is 11.8 Å². The zero-order valence-corrected chi connectivity index (χ0v) is 17.5. The average molecular weight is 419 g/mol. The van der Waals surface area contributed by atoms with E-state index in [-0.39, 0.29) is 5.56 Å². The minimum Gasteiger partial charge on any atom is -0.344 e. The van der Waals surface area contributed by atoms with Crippen molar-refractivity contribution in [2.24, 2.45) is 5.92 Å². The number of rotatable bonds is 4. The van der Waals surface area contributed by atoms with E-state index in [0.29, 0.717) is 28.8 Å². The highest BCUT2D eigenvalue weighted by Gasteiger charge is 2.35. The minimum atomic E-state index is 0.0453. The number of hydrogen-bond donors (Lipinski definition) is 1.